The summed E-state index contributed by atoms with van der Waals surface area (Å²) in [6, 6.07) is 0.577. The predicted octanol–water partition coefficient (Wildman–Crippen LogP) is 2.06. The standard InChI is InChI=1S/C12H26N2S/c1-11(13-4)12(2,3)10-14-6-5-8-15-9-7-14/h11,13H,5-10H2,1-4H3. The number of thioether (sulfide) groups is 1. The first-order valence-electron chi connectivity index (χ1n) is 6.03. The second-order valence-electron chi connectivity index (χ2n) is 5.24. The van der Waals surface area contributed by atoms with Crippen LogP contribution >= 0.6 is 11.8 Å². The molecule has 3 heteroatoms. The lowest BCUT2D eigenvalue weighted by Crippen LogP contribution is -2.46. The SMILES string of the molecule is CNC(C)C(C)(C)CN1CCCSCC1. The average molecular weight is 230 g/mol. The minimum absolute atomic E-state index is 0.365. The Labute approximate surface area is 99.2 Å². The van der Waals surface area contributed by atoms with Crippen LogP contribution in [0, 0.1) is 5.41 Å². The van der Waals surface area contributed by atoms with Gasteiger partial charge in [0.1, 0.15) is 0 Å². The van der Waals surface area contributed by atoms with Gasteiger partial charge in [-0.3, -0.25) is 0 Å². The van der Waals surface area contributed by atoms with Gasteiger partial charge in [0.15, 0.2) is 0 Å². The molecule has 0 aliphatic carbocycles. The van der Waals surface area contributed by atoms with Crippen molar-refractivity contribution < 1.29 is 0 Å². The van der Waals surface area contributed by atoms with Gasteiger partial charge in [0.25, 0.3) is 0 Å². The highest BCUT2D eigenvalue weighted by Gasteiger charge is 2.27. The van der Waals surface area contributed by atoms with Crippen LogP contribution in [0.5, 0.6) is 0 Å². The number of nitrogens with one attached hydrogen (secondary N) is 1. The summed E-state index contributed by atoms with van der Waals surface area (Å²) in [6.45, 7) is 10.8. The fourth-order valence-corrected chi connectivity index (χ4v) is 2.98. The monoisotopic (exact) mass is 230 g/mol. The molecule has 0 spiro atoms. The van der Waals surface area contributed by atoms with Crippen molar-refractivity contribution in [1.82, 2.24) is 10.2 Å². The van der Waals surface area contributed by atoms with E-state index in [-0.39, 0.29) is 0 Å². The maximum absolute atomic E-state index is 3.38. The van der Waals surface area contributed by atoms with E-state index in [1.807, 2.05) is 0 Å². The highest BCUT2D eigenvalue weighted by molar-refractivity contribution is 7.99. The minimum Gasteiger partial charge on any atom is -0.317 e. The highest BCUT2D eigenvalue weighted by Crippen LogP contribution is 2.23. The number of nitrogens with zero attached hydrogens (tertiary/aromatic N) is 1. The zero-order valence-corrected chi connectivity index (χ0v) is 11.5. The van der Waals surface area contributed by atoms with E-state index in [4.69, 9.17) is 0 Å². The first-order chi connectivity index (χ1) is 7.06. The third kappa shape index (κ3) is 4.33. The van der Waals surface area contributed by atoms with E-state index in [1.54, 1.807) is 0 Å². The molecule has 0 bridgehead atoms. The van der Waals surface area contributed by atoms with Crippen LogP contribution in [0.2, 0.25) is 0 Å². The van der Waals surface area contributed by atoms with Crippen LogP contribution in [0.3, 0.4) is 0 Å². The fourth-order valence-electron chi connectivity index (χ4n) is 2.06. The quantitative estimate of drug-likeness (QED) is 0.796. The van der Waals surface area contributed by atoms with Gasteiger partial charge in [-0.25, -0.2) is 0 Å². The second kappa shape index (κ2) is 6.12. The molecule has 1 atom stereocenters. The smallest absolute Gasteiger partial charge is 0.00991 e. The van der Waals surface area contributed by atoms with Gasteiger partial charge in [-0.1, -0.05) is 13.8 Å². The summed E-state index contributed by atoms with van der Waals surface area (Å²) < 4.78 is 0. The molecule has 1 saturated heterocycles. The van der Waals surface area contributed by atoms with Crippen molar-refractivity contribution in [2.45, 2.75) is 33.2 Å². The maximum atomic E-state index is 3.38. The molecule has 0 saturated carbocycles. The van der Waals surface area contributed by atoms with Crippen LogP contribution in [-0.4, -0.2) is 49.1 Å². The van der Waals surface area contributed by atoms with E-state index >= 15 is 0 Å². The van der Waals surface area contributed by atoms with E-state index in [1.165, 1.54) is 37.6 Å². The van der Waals surface area contributed by atoms with E-state index in [0.29, 0.717) is 11.5 Å². The molecule has 1 aliphatic rings. The molecule has 1 rings (SSSR count). The van der Waals surface area contributed by atoms with Crippen molar-refractivity contribution in [3.05, 3.63) is 0 Å². The molecular weight excluding hydrogens is 204 g/mol. The van der Waals surface area contributed by atoms with Crippen molar-refractivity contribution in [2.24, 2.45) is 5.41 Å². The van der Waals surface area contributed by atoms with Crippen molar-refractivity contribution in [1.29, 1.82) is 0 Å². The van der Waals surface area contributed by atoms with Crippen LogP contribution in [0.1, 0.15) is 27.2 Å². The third-order valence-corrected chi connectivity index (χ3v) is 4.60. The summed E-state index contributed by atoms with van der Waals surface area (Å²) in [7, 11) is 2.06. The zero-order chi connectivity index (χ0) is 11.3. The third-order valence-electron chi connectivity index (χ3n) is 3.55. The number of hydrogen-bond acceptors (Lipinski definition) is 3. The summed E-state index contributed by atoms with van der Waals surface area (Å²) in [4.78, 5) is 2.63. The zero-order valence-electron chi connectivity index (χ0n) is 10.7. The first-order valence-corrected chi connectivity index (χ1v) is 7.19. The molecule has 1 heterocycles. The van der Waals surface area contributed by atoms with Crippen LogP contribution in [0.4, 0.5) is 0 Å². The average Bonchev–Trinajstić information content (AvgIpc) is 2.44. The van der Waals surface area contributed by atoms with Gasteiger partial charge in [-0.15, -0.1) is 0 Å². The van der Waals surface area contributed by atoms with Crippen molar-refractivity contribution in [3.8, 4) is 0 Å². The van der Waals surface area contributed by atoms with Crippen molar-refractivity contribution in [2.75, 3.05) is 38.2 Å². The van der Waals surface area contributed by atoms with Crippen molar-refractivity contribution in [3.63, 3.8) is 0 Å². The van der Waals surface area contributed by atoms with Crippen LogP contribution in [0.25, 0.3) is 0 Å². The fraction of sp³-hybridized carbons (Fsp3) is 1.00. The number of hydrogen-bond donors (Lipinski definition) is 1. The maximum Gasteiger partial charge on any atom is 0.00991 e. The Bertz CT molecular complexity index is 174. The molecule has 2 nitrogen and oxygen atoms in total. The second-order valence-corrected chi connectivity index (χ2v) is 6.47. The Kier molecular flexibility index (Phi) is 5.44. The molecule has 0 aromatic heterocycles. The highest BCUT2D eigenvalue weighted by atomic mass is 32.2. The van der Waals surface area contributed by atoms with E-state index in [9.17, 15) is 0 Å². The van der Waals surface area contributed by atoms with E-state index < -0.39 is 0 Å². The molecule has 0 radical (unpaired) electrons. The normalized spacial score (nSPS) is 22.4. The van der Waals surface area contributed by atoms with Gasteiger partial charge in [0, 0.05) is 24.9 Å². The Morgan fingerprint density at radius 1 is 1.33 bits per heavy atom. The summed E-state index contributed by atoms with van der Waals surface area (Å²) in [5.74, 6) is 2.66. The first kappa shape index (κ1) is 13.3. The lowest BCUT2D eigenvalue weighted by molar-refractivity contribution is 0.153. The molecule has 0 amide bonds. The van der Waals surface area contributed by atoms with E-state index in [2.05, 4.69) is 49.8 Å². The van der Waals surface area contributed by atoms with Crippen LogP contribution in [0.15, 0.2) is 0 Å². The summed E-state index contributed by atoms with van der Waals surface area (Å²) >= 11 is 2.10. The molecule has 15 heavy (non-hydrogen) atoms. The molecule has 1 fully saturated rings. The van der Waals surface area contributed by atoms with Crippen LogP contribution in [-0.2, 0) is 0 Å². The molecule has 0 aromatic rings. The molecular formula is C12H26N2S. The minimum atomic E-state index is 0.365. The Hall–Kier alpha value is 0.270. The Morgan fingerprint density at radius 3 is 2.73 bits per heavy atom. The molecule has 0 aromatic carbocycles. The van der Waals surface area contributed by atoms with E-state index in [0.717, 1.165) is 0 Å². The summed E-state index contributed by atoms with van der Waals surface area (Å²) in [5.41, 5.74) is 0.365. The van der Waals surface area contributed by atoms with Crippen molar-refractivity contribution >= 4 is 11.8 Å². The van der Waals surface area contributed by atoms with Gasteiger partial charge < -0.3 is 10.2 Å². The van der Waals surface area contributed by atoms with Gasteiger partial charge in [-0.05, 0) is 38.1 Å². The molecule has 1 unspecified atom stereocenters. The predicted molar refractivity (Wildman–Crippen MR) is 70.7 cm³/mol. The van der Waals surface area contributed by atoms with Gasteiger partial charge in [-0.2, -0.15) is 11.8 Å². The topological polar surface area (TPSA) is 15.3 Å². The summed E-state index contributed by atoms with van der Waals surface area (Å²) in [5, 5.41) is 3.38. The van der Waals surface area contributed by atoms with Gasteiger partial charge in [0.05, 0.1) is 0 Å². The lowest BCUT2D eigenvalue weighted by atomic mass is 9.85. The van der Waals surface area contributed by atoms with Gasteiger partial charge >= 0.3 is 0 Å². The Balaban J connectivity index is 2.43. The molecule has 1 N–H and O–H groups in total. The van der Waals surface area contributed by atoms with Crippen LogP contribution < -0.4 is 5.32 Å². The van der Waals surface area contributed by atoms with Gasteiger partial charge in [0.2, 0.25) is 0 Å². The number of rotatable bonds is 4. The molecule has 1 aliphatic heterocycles. The summed E-state index contributed by atoms with van der Waals surface area (Å²) in [6.07, 6.45) is 1.36. The molecule has 90 valence electrons. The lowest BCUT2D eigenvalue weighted by Gasteiger charge is -2.36. The largest absolute Gasteiger partial charge is 0.317 e. The Morgan fingerprint density at radius 2 is 2.07 bits per heavy atom.